The molecule has 1 aliphatic rings. The number of phenols is 1. The van der Waals surface area contributed by atoms with Gasteiger partial charge in [0.05, 0.1) is 64.9 Å². The molecule has 4 heterocycles. The zero-order valence-corrected chi connectivity index (χ0v) is 82.7. The molecule has 0 bridgehead atoms. The van der Waals surface area contributed by atoms with Crippen molar-refractivity contribution < 1.29 is 181 Å². The van der Waals surface area contributed by atoms with Crippen LogP contribution in [-0.2, 0) is 126 Å². The van der Waals surface area contributed by atoms with Gasteiger partial charge in [0, 0.05) is 117 Å². The monoisotopic (exact) mass is 2170 g/mol. The third-order valence-electron chi connectivity index (χ3n) is 22.3. The number of fused-ring (bicyclic) bond motifs is 1. The number of hydrogen-bond acceptors (Lipinski definition) is 29. The maximum atomic E-state index is 14.9. The number of nitrogens with zero attached hydrogens (tertiary/aromatic N) is 6. The van der Waals surface area contributed by atoms with E-state index in [0.717, 1.165) is 14.7 Å². The van der Waals surface area contributed by atoms with Gasteiger partial charge in [-0.05, 0) is 79.2 Å². The fourth-order valence-corrected chi connectivity index (χ4v) is 15.5. The minimum Gasteiger partial charge on any atom is -0.508 e. The van der Waals surface area contributed by atoms with Crippen molar-refractivity contribution in [1.29, 1.82) is 0 Å². The number of likely N-dealkylation sites (tertiary alicyclic amines) is 1. The summed E-state index contributed by atoms with van der Waals surface area (Å²) in [6.45, 7) is 4.02. The molecule has 1 radical (unpaired) electrons. The van der Waals surface area contributed by atoms with Crippen molar-refractivity contribution in [2.75, 3.05) is 90.0 Å². The average molecular weight is 2180 g/mol. The van der Waals surface area contributed by atoms with Gasteiger partial charge in [0.25, 0.3) is 0 Å². The minimum atomic E-state index is -2.03. The van der Waals surface area contributed by atoms with E-state index >= 15 is 0 Å². The van der Waals surface area contributed by atoms with Crippen molar-refractivity contribution in [2.45, 2.75) is 191 Å². The molecular weight excluding hydrogens is 2050 g/mol. The van der Waals surface area contributed by atoms with Crippen LogP contribution in [0.4, 0.5) is 0 Å². The number of amides is 14. The summed E-state index contributed by atoms with van der Waals surface area (Å²) in [7, 11) is 0. The number of imidazole rings is 2. The maximum absolute atomic E-state index is 14.9. The van der Waals surface area contributed by atoms with E-state index in [2.05, 4.69) is 119 Å². The predicted molar refractivity (Wildman–Crippen MR) is 503 cm³/mol. The molecule has 0 spiro atoms. The van der Waals surface area contributed by atoms with Crippen LogP contribution in [0.3, 0.4) is 0 Å². The molecule has 142 heavy (non-hydrogen) atoms. The summed E-state index contributed by atoms with van der Waals surface area (Å²) in [4.78, 5) is 305. The first-order valence-corrected chi connectivity index (χ1v) is 46.4. The molecule has 777 valence electrons. The van der Waals surface area contributed by atoms with Gasteiger partial charge in [-0.15, -0.1) is 0 Å². The van der Waals surface area contributed by atoms with Gasteiger partial charge in [-0.2, -0.15) is 25.3 Å². The summed E-state index contributed by atoms with van der Waals surface area (Å²) < 4.78 is 0. The van der Waals surface area contributed by atoms with Gasteiger partial charge in [0.1, 0.15) is 78.3 Å². The van der Waals surface area contributed by atoms with E-state index in [1.54, 1.807) is 65.8 Å². The van der Waals surface area contributed by atoms with Crippen LogP contribution >= 0.6 is 25.3 Å². The quantitative estimate of drug-likeness (QED) is 0.0162. The van der Waals surface area contributed by atoms with Gasteiger partial charge < -0.3 is 130 Å². The molecule has 6 rings (SSSR count). The summed E-state index contributed by atoms with van der Waals surface area (Å²) >= 11 is 8.69. The Morgan fingerprint density at radius 1 is 0.451 bits per heavy atom. The smallest absolute Gasteiger partial charge is 0.508 e. The van der Waals surface area contributed by atoms with Gasteiger partial charge >= 0.3 is 81.7 Å². The first kappa shape index (κ1) is 119. The van der Waals surface area contributed by atoms with E-state index < -0.39 is 298 Å². The Balaban J connectivity index is 0.0000355. The molecule has 14 amide bonds. The van der Waals surface area contributed by atoms with Crippen LogP contribution < -0.4 is 69.1 Å². The molecule has 3 aromatic heterocycles. The summed E-state index contributed by atoms with van der Waals surface area (Å²) in [5.74, 6) is -26.5. The molecule has 1 fully saturated rings. The van der Waals surface area contributed by atoms with Crippen LogP contribution in [0, 0.1) is 57.7 Å². The van der Waals surface area contributed by atoms with Crippen molar-refractivity contribution in [1.82, 2.24) is 114 Å². The molecule has 2 aromatic carbocycles. The van der Waals surface area contributed by atoms with Gasteiger partial charge in [0.15, 0.2) is 0 Å². The first-order chi connectivity index (χ1) is 66.7. The Labute approximate surface area is 857 Å². The van der Waals surface area contributed by atoms with E-state index in [9.17, 15) is 142 Å². The maximum Gasteiger partial charge on any atom is 3.00 e. The Kier molecular flexibility index (Phi) is 50.7. The molecule has 0 saturated carbocycles. The number of H-pyrrole nitrogens is 3. The van der Waals surface area contributed by atoms with E-state index in [1.165, 1.54) is 60.4 Å². The van der Waals surface area contributed by atoms with E-state index in [0.29, 0.717) is 28.6 Å². The van der Waals surface area contributed by atoms with Crippen molar-refractivity contribution in [3.8, 4) is 5.75 Å². The normalized spacial score (nSPS) is 14.9. The second kappa shape index (κ2) is 60.3. The van der Waals surface area contributed by atoms with Crippen molar-refractivity contribution >= 4 is 161 Å². The summed E-state index contributed by atoms with van der Waals surface area (Å²) in [6.07, 6.45) is 2.97. The number of phenolic OH excluding ortho intramolecular Hbond substituents is 1. The number of rotatable bonds is 64. The predicted octanol–water partition coefficient (Wildman–Crippen LogP) is -5.19. The van der Waals surface area contributed by atoms with Gasteiger partial charge in [-0.25, -0.2) is 14.8 Å². The van der Waals surface area contributed by atoms with Crippen LogP contribution in [0.5, 0.6) is 5.75 Å². The van der Waals surface area contributed by atoms with Crippen molar-refractivity contribution in [2.24, 2.45) is 17.8 Å². The number of thiol groups is 2. The third-order valence-corrected chi connectivity index (χ3v) is 23.1. The van der Waals surface area contributed by atoms with Crippen LogP contribution in [-0.4, -0.2) is 372 Å². The van der Waals surface area contributed by atoms with Crippen LogP contribution in [0.25, 0.3) is 10.9 Å². The fourth-order valence-electron chi connectivity index (χ4n) is 15.0. The van der Waals surface area contributed by atoms with Crippen molar-refractivity contribution in [3.63, 3.8) is 0 Å². The number of carbonyl (C=O) groups is 21. The molecule has 13 atom stereocenters. The number of aliphatic carboxylic acids is 7. The molecule has 24 N–H and O–H groups in total. The first-order valence-electron chi connectivity index (χ1n) is 45.1. The Morgan fingerprint density at radius 3 is 1.42 bits per heavy atom. The van der Waals surface area contributed by atoms with Crippen LogP contribution in [0.15, 0.2) is 79.8 Å². The summed E-state index contributed by atoms with van der Waals surface area (Å²) in [5.41, 5.74) is 1.84. The summed E-state index contributed by atoms with van der Waals surface area (Å²) in [6, 6.07) is -7.26. The third kappa shape index (κ3) is 41.6. The number of carbonyl (C=O) groups excluding carboxylic acids is 14. The van der Waals surface area contributed by atoms with E-state index in [-0.39, 0.29) is 134 Å². The second-order valence-electron chi connectivity index (χ2n) is 34.5. The molecule has 1 aliphatic heterocycles. The van der Waals surface area contributed by atoms with Crippen molar-refractivity contribution in [3.05, 3.63) is 102 Å². The molecular formula is C88H124GdN22O29S2+3. The van der Waals surface area contributed by atoms with Crippen LogP contribution in [0.1, 0.15) is 115 Å². The van der Waals surface area contributed by atoms with Gasteiger partial charge in [-0.1, -0.05) is 78.3 Å². The minimum absolute atomic E-state index is 0. The van der Waals surface area contributed by atoms with Gasteiger partial charge in [0.2, 0.25) is 82.7 Å². The SMILES string of the molecule is CC[C@H](C)[C@H](NC(=O)[C@H](Cc1cnc[nH]1)NC(=O)[C@H](CS)NC(=O)[C@H](CC(C)C)NC(=O)[C@H](CC(=O)O)NC(=O)[C@H](Cc1ccc(O)cc1)NC(=O)[C@@H]1CCCN1C(=O)[C@H](CS)NC(=O)[C@H](Cc1cnc[nH]1)NC(=O)[C@H](CCC(=O)O)NC(=O)[C@H](Cc1c[nH]c2ccccc12)NC(=O)CNC(=O)CNC(=O)CN(CCN(CCN(CC(=O)O)CC(=O)O)CC(=O)O)CC(=O)O)C(=O)N[C@@H](CC(C)C)C(=O)O.[Gd+3]. The largest absolute Gasteiger partial charge is 3.00 e. The molecule has 0 aliphatic carbocycles. The zero-order chi connectivity index (χ0) is 104. The number of hydrogen-bond donors (Lipinski definition) is 26. The van der Waals surface area contributed by atoms with E-state index in [4.69, 9.17) is 0 Å². The number of carboxylic acids is 7. The number of carboxylic acid groups (broad SMARTS) is 7. The molecule has 5 aromatic rings. The number of aromatic hydroxyl groups is 1. The zero-order valence-electron chi connectivity index (χ0n) is 78.6. The number of para-hydroxylation sites is 1. The summed E-state index contributed by atoms with van der Waals surface area (Å²) in [5, 5.41) is 111. The molecule has 54 heteroatoms. The van der Waals surface area contributed by atoms with Crippen LogP contribution in [0.2, 0.25) is 0 Å². The molecule has 51 nitrogen and oxygen atoms in total. The number of aromatic amines is 3. The fraction of sp³-hybridized carbons (Fsp3) is 0.534. The number of aromatic nitrogens is 5. The Bertz CT molecular complexity index is 5160. The topological polar surface area (TPSA) is 763 Å². The number of benzene rings is 2. The standard InChI is InChI=1S/C88H124N22O29S2.Gd/c1-7-48(6)76(86(136)103-63(88(138)139)26-47(4)5)106-83(133)61(30-52-34-90-45-95-52)100-84(134)64(42-140)104-78(128)57(25-46(2)3)98-82(132)62(31-71(117)118)101-79(129)58(27-49-14-16-53(111)17-15-49)102-85(135)66-13-10-20-110(66)87(137)65(43-141)105-81(131)60(29-51-33-89-44-94-51)99-77(127)56(18-19-70(115)116)97-80(130)59(28-50-32-91-55-12-9-8-11-54(50)55)96-68(113)36-92-67(112)35-93-69(114)37-108(39-73(121)122)23-21-107(38-72(119)120)22-24-109(40-74(123)124)41-75(125)126;/h8-9,11-12,14-17,32-34,44-48,56-66,76,91,111,140-141H,7,10,13,18-31,35-43H2,1-6H3,(H,89,94)(H,90,95)(H,92,112)(H,93,114)(H,96,113)(H,97,130)(H,98,132)(H,99,127)(H,100,134)(H,101,129)(H,102,135)(H,103,136)(H,104,128)(H,105,131)(H,106,133)(H,115,116)(H,117,118)(H,119,120)(H,121,122)(H,123,124)(H,125,126)(H,138,139);/q;+3/t48-,56-,57-,58-,59-,60-,61-,62-,63-,64-,65-,66-,76-;/m0./s1. The Hall–Kier alpha value is -13.0. The second-order valence-corrected chi connectivity index (χ2v) is 35.3. The van der Waals surface area contributed by atoms with Gasteiger partial charge in [-0.3, -0.25) is 111 Å². The molecule has 1 saturated heterocycles. The molecule has 0 unspecified atom stereocenters. The number of nitrogens with one attached hydrogen (secondary N) is 16. The Morgan fingerprint density at radius 2 is 0.894 bits per heavy atom. The average Bonchev–Trinajstić information content (AvgIpc) is 1.68. The van der Waals surface area contributed by atoms with E-state index in [1.807, 2.05) is 0 Å².